The Labute approximate surface area is 147 Å². The first kappa shape index (κ1) is 16.2. The van der Waals surface area contributed by atoms with Gasteiger partial charge in [0.2, 0.25) is 11.8 Å². The Morgan fingerprint density at radius 2 is 1.83 bits per heavy atom. The van der Waals surface area contributed by atoms with Gasteiger partial charge in [-0.2, -0.15) is 0 Å². The zero-order chi connectivity index (χ0) is 16.6. The Balaban J connectivity index is 1.88. The summed E-state index contributed by atoms with van der Waals surface area (Å²) in [6.07, 6.45) is 0. The molecule has 0 aliphatic carbocycles. The van der Waals surface area contributed by atoms with E-state index in [1.807, 2.05) is 18.2 Å². The maximum absolute atomic E-state index is 12.7. The van der Waals surface area contributed by atoms with Gasteiger partial charge in [-0.15, -0.1) is 0 Å². The Kier molecular flexibility index (Phi) is 4.27. The van der Waals surface area contributed by atoms with Crippen molar-refractivity contribution in [1.82, 2.24) is 0 Å². The number of nitrogens with one attached hydrogen (secondary N) is 2. The van der Waals surface area contributed by atoms with Gasteiger partial charge in [0, 0.05) is 20.6 Å². The number of hydrogen-bond donors (Lipinski definition) is 2. The van der Waals surface area contributed by atoms with E-state index in [1.165, 1.54) is 11.8 Å². The van der Waals surface area contributed by atoms with Gasteiger partial charge in [-0.3, -0.25) is 9.59 Å². The number of amides is 2. The molecule has 23 heavy (non-hydrogen) atoms. The third kappa shape index (κ3) is 3.17. The van der Waals surface area contributed by atoms with Gasteiger partial charge in [0.05, 0.1) is 5.69 Å². The van der Waals surface area contributed by atoms with E-state index in [9.17, 15) is 9.59 Å². The van der Waals surface area contributed by atoms with Crippen molar-refractivity contribution in [3.05, 3.63) is 52.5 Å². The molecule has 1 aliphatic heterocycles. The Hall–Kier alpha value is -1.69. The Morgan fingerprint density at radius 3 is 2.52 bits per heavy atom. The highest BCUT2D eigenvalue weighted by Crippen LogP contribution is 2.42. The van der Waals surface area contributed by atoms with Crippen LogP contribution in [-0.4, -0.2) is 16.6 Å². The van der Waals surface area contributed by atoms with E-state index >= 15 is 0 Å². The molecule has 0 radical (unpaired) electrons. The van der Waals surface area contributed by atoms with Gasteiger partial charge >= 0.3 is 0 Å². The summed E-state index contributed by atoms with van der Waals surface area (Å²) in [5.41, 5.74) is 1.15. The number of carbonyl (C=O) groups is 2. The normalized spacial score (nSPS) is 19.7. The van der Waals surface area contributed by atoms with Gasteiger partial charge < -0.3 is 10.6 Å². The van der Waals surface area contributed by atoms with Crippen LogP contribution < -0.4 is 10.6 Å². The van der Waals surface area contributed by atoms with Gasteiger partial charge in [0.1, 0.15) is 0 Å². The van der Waals surface area contributed by atoms with Crippen molar-refractivity contribution >= 4 is 58.2 Å². The van der Waals surface area contributed by atoms with Crippen molar-refractivity contribution in [2.75, 3.05) is 10.6 Å². The van der Waals surface area contributed by atoms with Crippen LogP contribution in [0.25, 0.3) is 0 Å². The van der Waals surface area contributed by atoms with Crippen LogP contribution in [-0.2, 0) is 9.59 Å². The van der Waals surface area contributed by atoms with Gasteiger partial charge in [0.25, 0.3) is 0 Å². The van der Waals surface area contributed by atoms with E-state index in [2.05, 4.69) is 10.6 Å². The zero-order valence-electron chi connectivity index (χ0n) is 12.0. The molecule has 1 unspecified atom stereocenters. The summed E-state index contributed by atoms with van der Waals surface area (Å²) >= 11 is 13.1. The quantitative estimate of drug-likeness (QED) is 0.772. The van der Waals surface area contributed by atoms with Gasteiger partial charge in [-0.05, 0) is 37.3 Å². The SMILES string of the molecule is CC1(C(=O)Nc2cc(Cl)cc(Cl)c2)Sc2ccccc2NC1=O. The lowest BCUT2D eigenvalue weighted by Gasteiger charge is -2.31. The Bertz CT molecular complexity index is 792. The number of rotatable bonds is 2. The molecule has 7 heteroatoms. The van der Waals surface area contributed by atoms with Crippen LogP contribution in [0.1, 0.15) is 6.92 Å². The molecule has 0 bridgehead atoms. The second-order valence-electron chi connectivity index (χ2n) is 5.20. The van der Waals surface area contributed by atoms with Crippen LogP contribution in [0, 0.1) is 0 Å². The third-order valence-corrected chi connectivity index (χ3v) is 5.23. The molecule has 1 aliphatic rings. The van der Waals surface area contributed by atoms with E-state index < -0.39 is 10.7 Å². The lowest BCUT2D eigenvalue weighted by Crippen LogP contribution is -2.49. The number of thioether (sulfide) groups is 1. The first-order valence-corrected chi connectivity index (χ1v) is 8.33. The van der Waals surface area contributed by atoms with Crippen molar-refractivity contribution in [3.8, 4) is 0 Å². The van der Waals surface area contributed by atoms with Crippen molar-refractivity contribution in [1.29, 1.82) is 0 Å². The average molecular weight is 367 g/mol. The molecule has 2 aromatic rings. The summed E-state index contributed by atoms with van der Waals surface area (Å²) in [6.45, 7) is 1.59. The fourth-order valence-corrected chi connectivity index (χ4v) is 3.82. The molecule has 2 aromatic carbocycles. The molecular formula is C16H12Cl2N2O2S. The molecule has 0 spiro atoms. The maximum Gasteiger partial charge on any atom is 0.250 e. The molecule has 0 saturated carbocycles. The number of carbonyl (C=O) groups excluding carboxylic acids is 2. The number of para-hydroxylation sites is 1. The van der Waals surface area contributed by atoms with Crippen LogP contribution in [0.4, 0.5) is 11.4 Å². The predicted molar refractivity (Wildman–Crippen MR) is 94.4 cm³/mol. The minimum absolute atomic E-state index is 0.369. The van der Waals surface area contributed by atoms with E-state index in [-0.39, 0.29) is 5.91 Å². The summed E-state index contributed by atoms with van der Waals surface area (Å²) in [6, 6.07) is 12.1. The van der Waals surface area contributed by atoms with Crippen molar-refractivity contribution in [3.63, 3.8) is 0 Å². The van der Waals surface area contributed by atoms with Crippen LogP contribution >= 0.6 is 35.0 Å². The number of halogens is 2. The highest BCUT2D eigenvalue weighted by atomic mass is 35.5. The predicted octanol–water partition coefficient (Wildman–Crippen LogP) is 4.44. The first-order valence-electron chi connectivity index (χ1n) is 6.75. The van der Waals surface area contributed by atoms with E-state index in [4.69, 9.17) is 23.2 Å². The molecule has 4 nitrogen and oxygen atoms in total. The van der Waals surface area contributed by atoms with Gasteiger partial charge in [-0.1, -0.05) is 47.1 Å². The van der Waals surface area contributed by atoms with E-state index in [0.717, 1.165) is 4.90 Å². The van der Waals surface area contributed by atoms with Crippen LogP contribution in [0.2, 0.25) is 10.0 Å². The summed E-state index contributed by atoms with van der Waals surface area (Å²) < 4.78 is -1.29. The van der Waals surface area contributed by atoms with Crippen LogP contribution in [0.3, 0.4) is 0 Å². The maximum atomic E-state index is 12.7. The molecule has 118 valence electrons. The molecule has 2 N–H and O–H groups in total. The van der Waals surface area contributed by atoms with E-state index in [0.29, 0.717) is 21.4 Å². The lowest BCUT2D eigenvalue weighted by atomic mass is 10.1. The summed E-state index contributed by atoms with van der Waals surface area (Å²) in [5.74, 6) is -0.806. The molecule has 0 fully saturated rings. The molecule has 0 saturated heterocycles. The summed E-state index contributed by atoms with van der Waals surface area (Å²) in [5, 5.41) is 6.29. The lowest BCUT2D eigenvalue weighted by molar-refractivity contribution is -0.126. The largest absolute Gasteiger partial charge is 0.324 e. The van der Waals surface area contributed by atoms with Crippen molar-refractivity contribution in [2.45, 2.75) is 16.6 Å². The van der Waals surface area contributed by atoms with Crippen LogP contribution in [0.5, 0.6) is 0 Å². The Morgan fingerprint density at radius 1 is 1.17 bits per heavy atom. The molecule has 1 heterocycles. The number of fused-ring (bicyclic) bond motifs is 1. The summed E-state index contributed by atoms with van der Waals surface area (Å²) in [4.78, 5) is 25.9. The zero-order valence-corrected chi connectivity index (χ0v) is 14.4. The second-order valence-corrected chi connectivity index (χ2v) is 7.53. The molecule has 0 aromatic heterocycles. The highest BCUT2D eigenvalue weighted by Gasteiger charge is 2.45. The van der Waals surface area contributed by atoms with Crippen molar-refractivity contribution in [2.24, 2.45) is 0 Å². The second kappa shape index (κ2) is 6.07. The van der Waals surface area contributed by atoms with Gasteiger partial charge in [-0.25, -0.2) is 0 Å². The third-order valence-electron chi connectivity index (χ3n) is 3.44. The number of hydrogen-bond acceptors (Lipinski definition) is 3. The van der Waals surface area contributed by atoms with Crippen molar-refractivity contribution < 1.29 is 9.59 Å². The smallest absolute Gasteiger partial charge is 0.250 e. The first-order chi connectivity index (χ1) is 10.9. The highest BCUT2D eigenvalue weighted by molar-refractivity contribution is 8.02. The minimum atomic E-state index is -1.29. The number of benzene rings is 2. The summed E-state index contributed by atoms with van der Waals surface area (Å²) in [7, 11) is 0. The van der Waals surface area contributed by atoms with Gasteiger partial charge in [0.15, 0.2) is 4.75 Å². The van der Waals surface area contributed by atoms with E-state index in [1.54, 1.807) is 31.2 Å². The molecule has 3 rings (SSSR count). The monoisotopic (exact) mass is 366 g/mol. The molecular weight excluding hydrogens is 355 g/mol. The average Bonchev–Trinajstić information content (AvgIpc) is 2.47. The number of anilines is 2. The standard InChI is InChI=1S/C16H12Cl2N2O2S/c1-16(14(21)19-11-7-9(17)6-10(18)8-11)15(22)20-12-4-2-3-5-13(12)23-16/h2-8H,1H3,(H,19,21)(H,20,22). The molecule has 1 atom stereocenters. The fourth-order valence-electron chi connectivity index (χ4n) is 2.19. The minimum Gasteiger partial charge on any atom is -0.324 e. The fraction of sp³-hybridized carbons (Fsp3) is 0.125. The molecule has 2 amide bonds. The topological polar surface area (TPSA) is 58.2 Å². The van der Waals surface area contributed by atoms with Crippen LogP contribution in [0.15, 0.2) is 47.4 Å².